The molecule has 1 aliphatic heterocycles. The van der Waals surface area contributed by atoms with E-state index in [9.17, 15) is 22.8 Å². The molecule has 5 rings (SSSR count). The van der Waals surface area contributed by atoms with Gasteiger partial charge in [0.25, 0.3) is 11.8 Å². The lowest BCUT2D eigenvalue weighted by atomic mass is 10.00. The molecule has 0 bridgehead atoms. The van der Waals surface area contributed by atoms with Crippen molar-refractivity contribution < 1.29 is 27.5 Å². The van der Waals surface area contributed by atoms with Crippen LogP contribution in [-0.4, -0.2) is 69.3 Å². The van der Waals surface area contributed by atoms with Crippen LogP contribution in [0.5, 0.6) is 0 Å². The van der Waals surface area contributed by atoms with Crippen LogP contribution in [0.25, 0.3) is 22.0 Å². The Morgan fingerprint density at radius 1 is 1.05 bits per heavy atom. The van der Waals surface area contributed by atoms with Crippen LogP contribution >= 0.6 is 0 Å². The van der Waals surface area contributed by atoms with Gasteiger partial charge >= 0.3 is 6.18 Å². The van der Waals surface area contributed by atoms with Crippen molar-refractivity contribution in [1.82, 2.24) is 30.0 Å². The topological polar surface area (TPSA) is 102 Å². The Hall–Kier alpha value is -4.32. The fourth-order valence-corrected chi connectivity index (χ4v) is 5.25. The fourth-order valence-electron chi connectivity index (χ4n) is 5.25. The van der Waals surface area contributed by atoms with E-state index in [0.29, 0.717) is 48.5 Å². The molecule has 220 valence electrons. The van der Waals surface area contributed by atoms with E-state index in [2.05, 4.69) is 15.3 Å². The number of amides is 2. The number of likely N-dealkylation sites (tertiary alicyclic amines) is 1. The number of nitrogens with one attached hydrogen (secondary N) is 1. The molecule has 0 spiro atoms. The first-order valence-corrected chi connectivity index (χ1v) is 13.7. The van der Waals surface area contributed by atoms with E-state index >= 15 is 0 Å². The number of aryl methyl sites for hydroxylation is 1. The van der Waals surface area contributed by atoms with Crippen LogP contribution in [0, 0.1) is 6.92 Å². The zero-order chi connectivity index (χ0) is 29.9. The second-order valence-corrected chi connectivity index (χ2v) is 10.3. The molecule has 1 N–H and O–H groups in total. The van der Waals surface area contributed by atoms with Crippen molar-refractivity contribution >= 4 is 22.7 Å². The van der Waals surface area contributed by atoms with E-state index in [1.54, 1.807) is 37.4 Å². The molecule has 1 aliphatic rings. The third-order valence-electron chi connectivity index (χ3n) is 7.50. The Labute approximate surface area is 240 Å². The van der Waals surface area contributed by atoms with Crippen molar-refractivity contribution in [3.05, 3.63) is 77.5 Å². The smallest absolute Gasteiger partial charge is 0.383 e. The first kappa shape index (κ1) is 29.2. The summed E-state index contributed by atoms with van der Waals surface area (Å²) >= 11 is 0. The summed E-state index contributed by atoms with van der Waals surface area (Å²) in [5.41, 5.74) is 3.72. The molecular formula is C30H31F3N6O3. The Balaban J connectivity index is 1.30. The Morgan fingerprint density at radius 2 is 1.79 bits per heavy atom. The minimum absolute atomic E-state index is 0.0688. The average molecular weight is 581 g/mol. The van der Waals surface area contributed by atoms with Gasteiger partial charge in [0, 0.05) is 60.9 Å². The Morgan fingerprint density at radius 3 is 2.48 bits per heavy atom. The first-order chi connectivity index (χ1) is 20.2. The van der Waals surface area contributed by atoms with Gasteiger partial charge in [0.1, 0.15) is 0 Å². The summed E-state index contributed by atoms with van der Waals surface area (Å²) in [5, 5.41) is 8.45. The standard InChI is InChI=1S/C30H31F3N6O3/c1-19-24(27(40)34-12-14-42-2)10-11-26-25(19)18-38(37-26)17-23-5-3-4-13-39(23)28(41)21-8-6-20(7-9-21)22-15-35-29(36-16-22)30(31,32)33/h6-11,15-16,18,23H,3-5,12-14,17H2,1-2H3,(H,34,40). The van der Waals surface area contributed by atoms with Crippen LogP contribution in [-0.2, 0) is 17.5 Å². The predicted molar refractivity (Wildman–Crippen MR) is 150 cm³/mol. The number of piperidine rings is 1. The van der Waals surface area contributed by atoms with Gasteiger partial charge in [0.2, 0.25) is 5.82 Å². The van der Waals surface area contributed by atoms with Crippen molar-refractivity contribution in [3.63, 3.8) is 0 Å². The highest BCUT2D eigenvalue weighted by molar-refractivity contribution is 6.00. The third kappa shape index (κ3) is 6.28. The van der Waals surface area contributed by atoms with E-state index in [-0.39, 0.29) is 17.9 Å². The largest absolute Gasteiger partial charge is 0.451 e. The molecule has 1 atom stereocenters. The highest BCUT2D eigenvalue weighted by atomic mass is 19.4. The van der Waals surface area contributed by atoms with E-state index in [0.717, 1.165) is 48.1 Å². The number of hydrogen-bond acceptors (Lipinski definition) is 6. The highest BCUT2D eigenvalue weighted by Gasteiger charge is 2.34. The summed E-state index contributed by atoms with van der Waals surface area (Å²) in [6.45, 7) is 3.87. The number of carbonyl (C=O) groups is 2. The van der Waals surface area contributed by atoms with Gasteiger partial charge in [-0.2, -0.15) is 18.3 Å². The minimum atomic E-state index is -4.61. The molecule has 3 heterocycles. The lowest BCUT2D eigenvalue weighted by Crippen LogP contribution is -2.45. The molecule has 1 unspecified atom stereocenters. The number of carbonyl (C=O) groups excluding carboxylic acids is 2. The number of benzene rings is 2. The lowest BCUT2D eigenvalue weighted by Gasteiger charge is -2.35. The van der Waals surface area contributed by atoms with Crippen LogP contribution in [0.2, 0.25) is 0 Å². The van der Waals surface area contributed by atoms with Crippen molar-refractivity contribution in [2.24, 2.45) is 0 Å². The van der Waals surface area contributed by atoms with Crippen LogP contribution in [0.3, 0.4) is 0 Å². The molecule has 9 nitrogen and oxygen atoms in total. The molecule has 12 heteroatoms. The maximum Gasteiger partial charge on any atom is 0.451 e. The second kappa shape index (κ2) is 12.3. The molecule has 0 radical (unpaired) electrons. The van der Waals surface area contributed by atoms with E-state index in [1.807, 2.05) is 28.8 Å². The molecule has 4 aromatic rings. The van der Waals surface area contributed by atoms with Crippen LogP contribution < -0.4 is 5.32 Å². The van der Waals surface area contributed by atoms with E-state index in [1.165, 1.54) is 0 Å². The number of hydrogen-bond donors (Lipinski definition) is 1. The van der Waals surface area contributed by atoms with E-state index < -0.39 is 12.0 Å². The van der Waals surface area contributed by atoms with Crippen molar-refractivity contribution in [2.75, 3.05) is 26.8 Å². The predicted octanol–water partition coefficient (Wildman–Crippen LogP) is 4.89. The summed E-state index contributed by atoms with van der Waals surface area (Å²) < 4.78 is 45.2. The highest BCUT2D eigenvalue weighted by Crippen LogP contribution is 2.28. The summed E-state index contributed by atoms with van der Waals surface area (Å²) in [6, 6.07) is 10.2. The maximum absolute atomic E-state index is 13.6. The van der Waals surface area contributed by atoms with Crippen LogP contribution in [0.1, 0.15) is 51.4 Å². The summed E-state index contributed by atoms with van der Waals surface area (Å²) in [7, 11) is 1.58. The second-order valence-electron chi connectivity index (χ2n) is 10.3. The molecule has 1 fully saturated rings. The fraction of sp³-hybridized carbons (Fsp3) is 0.367. The molecule has 1 saturated heterocycles. The molecule has 0 saturated carbocycles. The molecule has 42 heavy (non-hydrogen) atoms. The van der Waals surface area contributed by atoms with Crippen molar-refractivity contribution in [3.8, 4) is 11.1 Å². The zero-order valence-corrected chi connectivity index (χ0v) is 23.3. The normalized spacial score (nSPS) is 15.6. The first-order valence-electron chi connectivity index (χ1n) is 13.7. The summed E-state index contributed by atoms with van der Waals surface area (Å²) in [4.78, 5) is 34.9. The van der Waals surface area contributed by atoms with Gasteiger partial charge in [0.15, 0.2) is 0 Å². The van der Waals surface area contributed by atoms with Crippen molar-refractivity contribution in [2.45, 2.75) is 44.9 Å². The summed E-state index contributed by atoms with van der Waals surface area (Å²) in [6.07, 6.45) is 2.28. The molecule has 2 amide bonds. The minimum Gasteiger partial charge on any atom is -0.383 e. The van der Waals surface area contributed by atoms with Crippen LogP contribution in [0.15, 0.2) is 55.0 Å². The number of ether oxygens (including phenoxy) is 1. The number of fused-ring (bicyclic) bond motifs is 1. The van der Waals surface area contributed by atoms with Gasteiger partial charge in [-0.15, -0.1) is 0 Å². The SMILES string of the molecule is COCCNC(=O)c1ccc2nn(CC3CCCCN3C(=O)c3ccc(-c4cnc(C(F)(F)F)nc4)cc3)cc2c1C. The molecule has 2 aromatic carbocycles. The zero-order valence-electron chi connectivity index (χ0n) is 23.3. The number of halogens is 3. The van der Waals surface area contributed by atoms with Gasteiger partial charge in [-0.25, -0.2) is 9.97 Å². The van der Waals surface area contributed by atoms with Gasteiger partial charge in [-0.3, -0.25) is 14.3 Å². The Kier molecular flexibility index (Phi) is 8.53. The number of methoxy groups -OCH3 is 1. The molecule has 0 aliphatic carbocycles. The third-order valence-corrected chi connectivity index (χ3v) is 7.50. The lowest BCUT2D eigenvalue weighted by molar-refractivity contribution is -0.145. The van der Waals surface area contributed by atoms with Crippen LogP contribution in [0.4, 0.5) is 13.2 Å². The number of alkyl halides is 3. The Bertz CT molecular complexity index is 1570. The summed E-state index contributed by atoms with van der Waals surface area (Å²) in [5.74, 6) is -1.48. The molecule has 2 aromatic heterocycles. The maximum atomic E-state index is 13.6. The quantitative estimate of drug-likeness (QED) is 0.298. The molecular weight excluding hydrogens is 549 g/mol. The van der Waals surface area contributed by atoms with Gasteiger partial charge in [-0.05, 0) is 61.6 Å². The van der Waals surface area contributed by atoms with Gasteiger partial charge in [0.05, 0.1) is 24.7 Å². The van der Waals surface area contributed by atoms with Gasteiger partial charge in [-0.1, -0.05) is 12.1 Å². The van der Waals surface area contributed by atoms with Gasteiger partial charge < -0.3 is 15.0 Å². The number of rotatable bonds is 8. The van der Waals surface area contributed by atoms with Crippen molar-refractivity contribution in [1.29, 1.82) is 0 Å². The number of nitrogens with zero attached hydrogens (tertiary/aromatic N) is 5. The number of aromatic nitrogens is 4. The average Bonchev–Trinajstić information content (AvgIpc) is 3.40. The van der Waals surface area contributed by atoms with E-state index in [4.69, 9.17) is 9.84 Å². The monoisotopic (exact) mass is 580 g/mol.